The van der Waals surface area contributed by atoms with Gasteiger partial charge in [0, 0.05) is 28.3 Å². The molecular formula is C13H17Cl2NO2S. The summed E-state index contributed by atoms with van der Waals surface area (Å²) in [7, 11) is 0. The van der Waals surface area contributed by atoms with Gasteiger partial charge >= 0.3 is 0 Å². The molecule has 19 heavy (non-hydrogen) atoms. The van der Waals surface area contributed by atoms with Crippen molar-refractivity contribution >= 4 is 40.9 Å². The van der Waals surface area contributed by atoms with Crippen LogP contribution in [0.1, 0.15) is 18.6 Å². The first kappa shape index (κ1) is 16.6. The van der Waals surface area contributed by atoms with Gasteiger partial charge in [0.1, 0.15) is 0 Å². The molecule has 1 aromatic rings. The van der Waals surface area contributed by atoms with Crippen LogP contribution in [0, 0.1) is 5.92 Å². The van der Waals surface area contributed by atoms with E-state index in [1.54, 1.807) is 30.0 Å². The third-order valence-corrected chi connectivity index (χ3v) is 3.87. The molecule has 2 unspecified atom stereocenters. The van der Waals surface area contributed by atoms with E-state index in [1.165, 1.54) is 0 Å². The molecule has 6 heteroatoms. The number of nitrogens with one attached hydrogen (secondary N) is 1. The SMILES string of the molecule is CSCC(C)C(=O)NCC(O)c1cc(Cl)cc(Cl)c1. The van der Waals surface area contributed by atoms with Crippen molar-refractivity contribution in [1.29, 1.82) is 0 Å². The molecule has 1 aromatic carbocycles. The summed E-state index contributed by atoms with van der Waals surface area (Å²) in [5, 5.41) is 13.6. The monoisotopic (exact) mass is 321 g/mol. The molecule has 0 saturated heterocycles. The summed E-state index contributed by atoms with van der Waals surface area (Å²) < 4.78 is 0. The Labute approximate surface area is 127 Å². The number of carbonyl (C=O) groups is 1. The highest BCUT2D eigenvalue weighted by Gasteiger charge is 2.15. The summed E-state index contributed by atoms with van der Waals surface area (Å²) in [5.41, 5.74) is 0.593. The van der Waals surface area contributed by atoms with Crippen LogP contribution in [0.4, 0.5) is 0 Å². The summed E-state index contributed by atoms with van der Waals surface area (Å²) in [5.74, 6) is 0.608. The number of aliphatic hydroxyl groups is 1. The Morgan fingerprint density at radius 3 is 2.47 bits per heavy atom. The zero-order valence-electron chi connectivity index (χ0n) is 10.8. The lowest BCUT2D eigenvalue weighted by atomic mass is 10.1. The van der Waals surface area contributed by atoms with Gasteiger partial charge in [-0.05, 0) is 30.0 Å². The summed E-state index contributed by atoms with van der Waals surface area (Å²) >= 11 is 13.3. The first-order valence-corrected chi connectivity index (χ1v) is 7.99. The fraction of sp³-hybridized carbons (Fsp3) is 0.462. The van der Waals surface area contributed by atoms with Gasteiger partial charge < -0.3 is 10.4 Å². The predicted molar refractivity (Wildman–Crippen MR) is 82.0 cm³/mol. The summed E-state index contributed by atoms with van der Waals surface area (Å²) in [6.07, 6.45) is 1.13. The predicted octanol–water partition coefficient (Wildman–Crippen LogP) is 3.14. The molecule has 0 saturated carbocycles. The average molecular weight is 322 g/mol. The Morgan fingerprint density at radius 2 is 1.95 bits per heavy atom. The molecule has 0 fully saturated rings. The van der Waals surface area contributed by atoms with Crippen molar-refractivity contribution in [2.45, 2.75) is 13.0 Å². The first-order chi connectivity index (χ1) is 8.93. The molecule has 0 bridgehead atoms. The van der Waals surface area contributed by atoms with Crippen LogP contribution in [0.15, 0.2) is 18.2 Å². The molecule has 3 nitrogen and oxygen atoms in total. The van der Waals surface area contributed by atoms with Crippen LogP contribution in [-0.2, 0) is 4.79 Å². The van der Waals surface area contributed by atoms with Gasteiger partial charge in [0.2, 0.25) is 5.91 Å². The van der Waals surface area contributed by atoms with Crippen molar-refractivity contribution in [3.8, 4) is 0 Å². The number of amides is 1. The van der Waals surface area contributed by atoms with E-state index in [-0.39, 0.29) is 18.4 Å². The third-order valence-electron chi connectivity index (χ3n) is 2.60. The maximum Gasteiger partial charge on any atom is 0.223 e. The highest BCUT2D eigenvalue weighted by molar-refractivity contribution is 7.98. The maximum atomic E-state index is 11.7. The number of hydrogen-bond acceptors (Lipinski definition) is 3. The van der Waals surface area contributed by atoms with Crippen molar-refractivity contribution in [1.82, 2.24) is 5.32 Å². The molecule has 1 rings (SSSR count). The molecule has 0 heterocycles. The lowest BCUT2D eigenvalue weighted by molar-refractivity contribution is -0.124. The third kappa shape index (κ3) is 5.61. The van der Waals surface area contributed by atoms with Crippen molar-refractivity contribution < 1.29 is 9.90 Å². The van der Waals surface area contributed by atoms with Gasteiger partial charge in [-0.15, -0.1) is 0 Å². The van der Waals surface area contributed by atoms with Gasteiger partial charge in [0.25, 0.3) is 0 Å². The molecule has 0 aromatic heterocycles. The van der Waals surface area contributed by atoms with Crippen molar-refractivity contribution in [3.63, 3.8) is 0 Å². The van der Waals surface area contributed by atoms with E-state index in [1.807, 2.05) is 13.2 Å². The summed E-state index contributed by atoms with van der Waals surface area (Å²) in [6, 6.07) is 4.86. The van der Waals surface area contributed by atoms with Crippen molar-refractivity contribution in [2.24, 2.45) is 5.92 Å². The van der Waals surface area contributed by atoms with Crippen LogP contribution >= 0.6 is 35.0 Å². The lowest BCUT2D eigenvalue weighted by Crippen LogP contribution is -2.33. The molecule has 2 atom stereocenters. The minimum absolute atomic E-state index is 0.0680. The van der Waals surface area contributed by atoms with Gasteiger partial charge in [0.15, 0.2) is 0 Å². The standard InChI is InChI=1S/C13H17Cl2NO2S/c1-8(7-19-2)13(18)16-6-12(17)9-3-10(14)5-11(15)4-9/h3-5,8,12,17H,6-7H2,1-2H3,(H,16,18). The number of rotatable bonds is 6. The Morgan fingerprint density at radius 1 is 1.37 bits per heavy atom. The Kier molecular flexibility index (Phi) is 7.00. The molecule has 0 spiro atoms. The molecular weight excluding hydrogens is 305 g/mol. The average Bonchev–Trinajstić information content (AvgIpc) is 2.34. The normalized spacial score (nSPS) is 13.9. The second-order valence-electron chi connectivity index (χ2n) is 4.32. The van der Waals surface area contributed by atoms with E-state index in [2.05, 4.69) is 5.32 Å². The van der Waals surface area contributed by atoms with Gasteiger partial charge in [-0.2, -0.15) is 11.8 Å². The number of hydrogen-bond donors (Lipinski definition) is 2. The highest BCUT2D eigenvalue weighted by atomic mass is 35.5. The molecule has 2 N–H and O–H groups in total. The van der Waals surface area contributed by atoms with Gasteiger partial charge in [-0.1, -0.05) is 30.1 Å². The smallest absolute Gasteiger partial charge is 0.223 e. The van der Waals surface area contributed by atoms with E-state index in [9.17, 15) is 9.90 Å². The zero-order chi connectivity index (χ0) is 14.4. The topological polar surface area (TPSA) is 49.3 Å². The van der Waals surface area contributed by atoms with Crippen LogP contribution < -0.4 is 5.32 Å². The van der Waals surface area contributed by atoms with Gasteiger partial charge in [-0.25, -0.2) is 0 Å². The number of carbonyl (C=O) groups excluding carboxylic acids is 1. The Hall–Kier alpha value is -0.420. The number of aliphatic hydroxyl groups excluding tert-OH is 1. The van der Waals surface area contributed by atoms with Crippen molar-refractivity contribution in [2.75, 3.05) is 18.6 Å². The summed E-state index contributed by atoms with van der Waals surface area (Å²) in [4.78, 5) is 11.7. The van der Waals surface area contributed by atoms with E-state index in [4.69, 9.17) is 23.2 Å². The van der Waals surface area contributed by atoms with Crippen LogP contribution in [0.25, 0.3) is 0 Å². The van der Waals surface area contributed by atoms with Gasteiger partial charge in [-0.3, -0.25) is 4.79 Å². The van der Waals surface area contributed by atoms with Crippen LogP contribution in [0.5, 0.6) is 0 Å². The van der Waals surface area contributed by atoms with E-state index >= 15 is 0 Å². The molecule has 0 aliphatic heterocycles. The summed E-state index contributed by atoms with van der Waals surface area (Å²) in [6.45, 7) is 2.00. The lowest BCUT2D eigenvalue weighted by Gasteiger charge is -2.15. The van der Waals surface area contributed by atoms with E-state index < -0.39 is 6.10 Å². The van der Waals surface area contributed by atoms with Crippen molar-refractivity contribution in [3.05, 3.63) is 33.8 Å². The second kappa shape index (κ2) is 8.00. The Balaban J connectivity index is 2.55. The van der Waals surface area contributed by atoms with Crippen LogP contribution in [-0.4, -0.2) is 29.6 Å². The number of thioether (sulfide) groups is 1. The quantitative estimate of drug-likeness (QED) is 0.846. The molecule has 106 valence electrons. The van der Waals surface area contributed by atoms with Crippen LogP contribution in [0.3, 0.4) is 0 Å². The highest BCUT2D eigenvalue weighted by Crippen LogP contribution is 2.23. The Bertz CT molecular complexity index is 422. The van der Waals surface area contributed by atoms with Gasteiger partial charge in [0.05, 0.1) is 6.10 Å². The van der Waals surface area contributed by atoms with Crippen LogP contribution in [0.2, 0.25) is 10.0 Å². The second-order valence-corrected chi connectivity index (χ2v) is 6.10. The minimum atomic E-state index is -0.818. The fourth-order valence-corrected chi connectivity index (χ4v) is 2.78. The minimum Gasteiger partial charge on any atom is -0.387 e. The molecule has 0 radical (unpaired) electrons. The fourth-order valence-electron chi connectivity index (χ4n) is 1.58. The number of halogens is 2. The number of benzene rings is 1. The van der Waals surface area contributed by atoms with E-state index in [0.717, 1.165) is 5.75 Å². The molecule has 0 aliphatic carbocycles. The first-order valence-electron chi connectivity index (χ1n) is 5.84. The maximum absolute atomic E-state index is 11.7. The molecule has 1 amide bonds. The largest absolute Gasteiger partial charge is 0.387 e. The van der Waals surface area contributed by atoms with E-state index in [0.29, 0.717) is 15.6 Å². The molecule has 0 aliphatic rings. The zero-order valence-corrected chi connectivity index (χ0v) is 13.1.